The van der Waals surface area contributed by atoms with E-state index < -0.39 is 27.4 Å². The van der Waals surface area contributed by atoms with Gasteiger partial charge in [0.05, 0.1) is 10.5 Å². The number of hydrogen-bond acceptors (Lipinski definition) is 4. The van der Waals surface area contributed by atoms with Crippen LogP contribution >= 0.6 is 0 Å². The molecule has 1 N–H and O–H groups in total. The highest BCUT2D eigenvalue weighted by Gasteiger charge is 2.20. The number of carbonyl (C=O) groups is 1. The number of non-ortho nitro benzene ring substituents is 1. The van der Waals surface area contributed by atoms with Crippen LogP contribution in [-0.4, -0.2) is 33.1 Å². The van der Waals surface area contributed by atoms with Crippen LogP contribution in [-0.2, 0) is 10.8 Å². The summed E-state index contributed by atoms with van der Waals surface area (Å²) in [4.78, 5) is 21.9. The third-order valence-corrected chi connectivity index (χ3v) is 4.11. The molecule has 0 aliphatic rings. The Kier molecular flexibility index (Phi) is 5.32. The highest BCUT2D eigenvalue weighted by atomic mass is 32.2. The van der Waals surface area contributed by atoms with Crippen LogP contribution in [0.25, 0.3) is 0 Å². The van der Waals surface area contributed by atoms with E-state index in [1.54, 1.807) is 6.92 Å². The lowest BCUT2D eigenvalue weighted by Gasteiger charge is -2.11. The lowest BCUT2D eigenvalue weighted by molar-refractivity contribution is -0.385. The Hall–Kier alpha value is -1.83. The zero-order valence-corrected chi connectivity index (χ0v) is 12.1. The normalized spacial score (nSPS) is 13.6. The van der Waals surface area contributed by atoms with Gasteiger partial charge in [0.1, 0.15) is 5.82 Å². The van der Waals surface area contributed by atoms with Gasteiger partial charge in [0.25, 0.3) is 11.6 Å². The molecule has 2 atom stereocenters. The molecular formula is C12H15FN2O4S. The molecule has 6 nitrogen and oxygen atoms in total. The van der Waals surface area contributed by atoms with E-state index in [1.807, 2.05) is 0 Å². The lowest BCUT2D eigenvalue weighted by atomic mass is 10.1. The number of nitro groups is 1. The third kappa shape index (κ3) is 3.83. The van der Waals surface area contributed by atoms with Gasteiger partial charge >= 0.3 is 0 Å². The van der Waals surface area contributed by atoms with Crippen molar-refractivity contribution in [2.24, 2.45) is 0 Å². The number of rotatable bonds is 5. The van der Waals surface area contributed by atoms with E-state index in [-0.39, 0.29) is 28.6 Å². The molecule has 8 heteroatoms. The first-order valence-electron chi connectivity index (χ1n) is 5.79. The summed E-state index contributed by atoms with van der Waals surface area (Å²) < 4.78 is 25.0. The number of nitrogens with one attached hydrogen (secondary N) is 1. The molecule has 0 spiro atoms. The predicted molar refractivity (Wildman–Crippen MR) is 73.7 cm³/mol. The quantitative estimate of drug-likeness (QED) is 0.660. The Morgan fingerprint density at radius 1 is 1.55 bits per heavy atom. The standard InChI is InChI=1S/C12H15FN2O4S/c1-7-4-9(15(17)18)5-10(11(7)13)12(16)14-6-8(2)20(3)19/h4-5,8H,6H2,1-3H3,(H,14,16). The van der Waals surface area contributed by atoms with Crippen molar-refractivity contribution in [3.63, 3.8) is 0 Å². The second-order valence-electron chi connectivity index (χ2n) is 4.40. The number of carbonyl (C=O) groups excluding carboxylic acids is 1. The number of nitrogens with zero attached hydrogens (tertiary/aromatic N) is 1. The molecule has 0 saturated heterocycles. The van der Waals surface area contributed by atoms with E-state index in [0.29, 0.717) is 0 Å². The topological polar surface area (TPSA) is 89.3 Å². The average molecular weight is 302 g/mol. The van der Waals surface area contributed by atoms with E-state index in [2.05, 4.69) is 5.32 Å². The van der Waals surface area contributed by atoms with Gasteiger partial charge in [0, 0.05) is 41.0 Å². The van der Waals surface area contributed by atoms with E-state index in [9.17, 15) is 23.5 Å². The second-order valence-corrected chi connectivity index (χ2v) is 6.20. The number of amides is 1. The molecule has 0 aromatic heterocycles. The van der Waals surface area contributed by atoms with Crippen molar-refractivity contribution in [3.05, 3.63) is 39.2 Å². The minimum absolute atomic E-state index is 0.0245. The summed E-state index contributed by atoms with van der Waals surface area (Å²) >= 11 is 0. The predicted octanol–water partition coefficient (Wildman–Crippen LogP) is 1.54. The van der Waals surface area contributed by atoms with Crippen LogP contribution < -0.4 is 5.32 Å². The molecule has 2 unspecified atom stereocenters. The minimum atomic E-state index is -1.12. The lowest BCUT2D eigenvalue weighted by Crippen LogP contribution is -2.33. The molecule has 0 bridgehead atoms. The first-order chi connectivity index (χ1) is 9.23. The highest BCUT2D eigenvalue weighted by Crippen LogP contribution is 2.20. The molecule has 0 fully saturated rings. The summed E-state index contributed by atoms with van der Waals surface area (Å²) in [6.45, 7) is 3.12. The molecule has 20 heavy (non-hydrogen) atoms. The second kappa shape index (κ2) is 6.56. The van der Waals surface area contributed by atoms with Crippen molar-refractivity contribution in [3.8, 4) is 0 Å². The molecule has 0 heterocycles. The fourth-order valence-corrected chi connectivity index (χ4v) is 1.79. The molecule has 0 aliphatic heterocycles. The maximum absolute atomic E-state index is 13.8. The first kappa shape index (κ1) is 16.2. The van der Waals surface area contributed by atoms with Gasteiger partial charge in [-0.05, 0) is 19.4 Å². The van der Waals surface area contributed by atoms with Crippen LogP contribution in [0.4, 0.5) is 10.1 Å². The fraction of sp³-hybridized carbons (Fsp3) is 0.417. The van der Waals surface area contributed by atoms with Crippen molar-refractivity contribution >= 4 is 22.4 Å². The SMILES string of the molecule is Cc1cc([N+](=O)[O-])cc(C(=O)NCC(C)S(C)=O)c1F. The maximum atomic E-state index is 13.8. The van der Waals surface area contributed by atoms with Crippen LogP contribution in [0.5, 0.6) is 0 Å². The van der Waals surface area contributed by atoms with Gasteiger partial charge in [0.15, 0.2) is 0 Å². The van der Waals surface area contributed by atoms with Gasteiger partial charge in [-0.15, -0.1) is 0 Å². The van der Waals surface area contributed by atoms with Crippen molar-refractivity contribution in [2.45, 2.75) is 19.1 Å². The number of nitro benzene ring substituents is 1. The largest absolute Gasteiger partial charge is 0.351 e. The maximum Gasteiger partial charge on any atom is 0.270 e. The molecule has 0 saturated carbocycles. The van der Waals surface area contributed by atoms with E-state index >= 15 is 0 Å². The molecule has 110 valence electrons. The van der Waals surface area contributed by atoms with Gasteiger partial charge in [-0.3, -0.25) is 19.1 Å². The smallest absolute Gasteiger partial charge is 0.270 e. The molecule has 1 amide bonds. The van der Waals surface area contributed by atoms with Gasteiger partial charge in [-0.2, -0.15) is 0 Å². The van der Waals surface area contributed by atoms with Crippen molar-refractivity contribution in [2.75, 3.05) is 12.8 Å². The summed E-state index contributed by atoms with van der Waals surface area (Å²) in [6, 6.07) is 1.96. The van der Waals surface area contributed by atoms with Gasteiger partial charge < -0.3 is 5.32 Å². The first-order valence-corrected chi connectivity index (χ1v) is 7.41. The van der Waals surface area contributed by atoms with E-state index in [4.69, 9.17) is 0 Å². The van der Waals surface area contributed by atoms with E-state index in [0.717, 1.165) is 12.1 Å². The van der Waals surface area contributed by atoms with Crippen LogP contribution in [0.3, 0.4) is 0 Å². The average Bonchev–Trinajstić information content (AvgIpc) is 2.37. The van der Waals surface area contributed by atoms with Crippen molar-refractivity contribution < 1.29 is 18.3 Å². The number of halogens is 1. The van der Waals surface area contributed by atoms with Crippen molar-refractivity contribution in [1.29, 1.82) is 0 Å². The van der Waals surface area contributed by atoms with Gasteiger partial charge in [-0.25, -0.2) is 4.39 Å². The third-order valence-electron chi connectivity index (χ3n) is 2.81. The monoisotopic (exact) mass is 302 g/mol. The molecular weight excluding hydrogens is 287 g/mol. The summed E-state index contributed by atoms with van der Waals surface area (Å²) in [5.41, 5.74) is -0.705. The number of hydrogen-bond donors (Lipinski definition) is 1. The summed E-state index contributed by atoms with van der Waals surface area (Å²) in [7, 11) is -1.12. The van der Waals surface area contributed by atoms with E-state index in [1.165, 1.54) is 13.2 Å². The molecule has 1 aromatic carbocycles. The number of aryl methyl sites for hydroxylation is 1. The van der Waals surface area contributed by atoms with Gasteiger partial charge in [0.2, 0.25) is 0 Å². The summed E-state index contributed by atoms with van der Waals surface area (Å²) in [6.07, 6.45) is 1.49. The number of benzene rings is 1. The highest BCUT2D eigenvalue weighted by molar-refractivity contribution is 7.84. The molecule has 1 aromatic rings. The summed E-state index contributed by atoms with van der Waals surface area (Å²) in [5, 5.41) is 12.8. The minimum Gasteiger partial charge on any atom is -0.351 e. The molecule has 0 aliphatic carbocycles. The molecule has 1 rings (SSSR count). The van der Waals surface area contributed by atoms with Gasteiger partial charge in [-0.1, -0.05) is 0 Å². The van der Waals surface area contributed by atoms with Crippen LogP contribution in [0.1, 0.15) is 22.8 Å². The zero-order valence-electron chi connectivity index (χ0n) is 11.3. The molecule has 0 radical (unpaired) electrons. The van der Waals surface area contributed by atoms with Crippen LogP contribution in [0.2, 0.25) is 0 Å². The Labute approximate surface area is 118 Å². The Morgan fingerprint density at radius 3 is 2.65 bits per heavy atom. The summed E-state index contributed by atoms with van der Waals surface area (Å²) in [5.74, 6) is -1.55. The Balaban J connectivity index is 2.98. The fourth-order valence-electron chi connectivity index (χ4n) is 1.47. The van der Waals surface area contributed by atoms with Crippen molar-refractivity contribution in [1.82, 2.24) is 5.32 Å². The van der Waals surface area contributed by atoms with Crippen LogP contribution in [0.15, 0.2) is 12.1 Å². The Morgan fingerprint density at radius 2 is 2.15 bits per heavy atom. The Bertz CT molecular complexity index is 577. The zero-order chi connectivity index (χ0) is 15.4. The van der Waals surface area contributed by atoms with Crippen LogP contribution in [0, 0.1) is 22.9 Å².